The van der Waals surface area contributed by atoms with Crippen LogP contribution in [-0.2, 0) is 14.6 Å². The summed E-state index contributed by atoms with van der Waals surface area (Å²) in [4.78, 5) is 26.4. The molecule has 184 valence electrons. The van der Waals surface area contributed by atoms with Gasteiger partial charge in [0.25, 0.3) is 0 Å². The van der Waals surface area contributed by atoms with E-state index in [-0.39, 0.29) is 22.5 Å². The second-order valence-corrected chi connectivity index (χ2v) is 11.7. The Labute approximate surface area is 199 Å². The highest BCUT2D eigenvalue weighted by atomic mass is 32.2. The molecule has 2 fully saturated rings. The van der Waals surface area contributed by atoms with Gasteiger partial charge in [-0.3, -0.25) is 0 Å². The molecule has 4 rings (SSSR count). The molecular weight excluding hydrogens is 460 g/mol. The van der Waals surface area contributed by atoms with Gasteiger partial charge in [0, 0.05) is 25.9 Å². The molecule has 1 saturated heterocycles. The van der Waals surface area contributed by atoms with E-state index < -0.39 is 15.4 Å². The number of pyridine rings is 1. The van der Waals surface area contributed by atoms with E-state index in [4.69, 9.17) is 14.2 Å². The second kappa shape index (κ2) is 9.36. The van der Waals surface area contributed by atoms with Crippen molar-refractivity contribution >= 4 is 15.9 Å². The van der Waals surface area contributed by atoms with Crippen molar-refractivity contribution in [1.82, 2.24) is 19.9 Å². The Morgan fingerprint density at radius 3 is 2.29 bits per heavy atom. The molecule has 0 unspecified atom stereocenters. The average molecular weight is 491 g/mol. The standard InChI is InChI=1S/C23H30N4O6S/c1-15-20(31-16-9-11-27(12-10-16)22(28)33-23(2,3)4)25-14-26-21(15)32-17-5-8-19(24-13-17)34(29,30)18-6-7-18/h5,8,13-14,16,18H,6-7,9-12H2,1-4H3. The van der Waals surface area contributed by atoms with Crippen LogP contribution >= 0.6 is 0 Å². The van der Waals surface area contributed by atoms with Gasteiger partial charge in [-0.25, -0.2) is 28.2 Å². The topological polar surface area (TPSA) is 121 Å². The Bertz CT molecular complexity index is 1140. The molecule has 10 nitrogen and oxygen atoms in total. The molecule has 0 aromatic carbocycles. The van der Waals surface area contributed by atoms with Gasteiger partial charge in [0.1, 0.15) is 23.8 Å². The lowest BCUT2D eigenvalue weighted by molar-refractivity contribution is 0.0122. The fraction of sp³-hybridized carbons (Fsp3) is 0.565. The van der Waals surface area contributed by atoms with Gasteiger partial charge in [0.15, 0.2) is 14.9 Å². The number of amides is 1. The molecule has 2 aromatic rings. The molecule has 0 radical (unpaired) electrons. The van der Waals surface area contributed by atoms with Crippen LogP contribution in [0.4, 0.5) is 4.79 Å². The largest absolute Gasteiger partial charge is 0.474 e. The zero-order valence-corrected chi connectivity index (χ0v) is 20.7. The molecule has 3 heterocycles. The monoisotopic (exact) mass is 490 g/mol. The fourth-order valence-corrected chi connectivity index (χ4v) is 5.09. The highest BCUT2D eigenvalue weighted by molar-refractivity contribution is 7.92. The zero-order valence-electron chi connectivity index (χ0n) is 19.9. The van der Waals surface area contributed by atoms with Gasteiger partial charge in [-0.05, 0) is 52.7 Å². The third-order valence-corrected chi connectivity index (χ3v) is 7.72. The lowest BCUT2D eigenvalue weighted by Gasteiger charge is -2.33. The molecule has 34 heavy (non-hydrogen) atoms. The lowest BCUT2D eigenvalue weighted by atomic mass is 10.1. The summed E-state index contributed by atoms with van der Waals surface area (Å²) in [6.45, 7) is 8.40. The van der Waals surface area contributed by atoms with E-state index in [1.807, 2.05) is 20.8 Å². The molecule has 11 heteroatoms. The number of sulfone groups is 1. The summed E-state index contributed by atoms with van der Waals surface area (Å²) < 4.78 is 41.9. The number of rotatable bonds is 6. The molecule has 2 aromatic heterocycles. The van der Waals surface area contributed by atoms with Gasteiger partial charge in [0.2, 0.25) is 11.8 Å². The van der Waals surface area contributed by atoms with Gasteiger partial charge < -0.3 is 19.1 Å². The van der Waals surface area contributed by atoms with Crippen LogP contribution < -0.4 is 9.47 Å². The van der Waals surface area contributed by atoms with Crippen molar-refractivity contribution in [2.24, 2.45) is 0 Å². The number of piperidine rings is 1. The maximum absolute atomic E-state index is 12.3. The zero-order chi connectivity index (χ0) is 24.5. The van der Waals surface area contributed by atoms with E-state index >= 15 is 0 Å². The van der Waals surface area contributed by atoms with Gasteiger partial charge in [0.05, 0.1) is 17.0 Å². The smallest absolute Gasteiger partial charge is 0.410 e. The van der Waals surface area contributed by atoms with Crippen molar-refractivity contribution in [2.45, 2.75) is 75.4 Å². The van der Waals surface area contributed by atoms with Crippen LogP contribution in [-0.4, -0.2) is 64.4 Å². The number of ether oxygens (including phenoxy) is 3. The maximum Gasteiger partial charge on any atom is 0.410 e. The first-order chi connectivity index (χ1) is 16.0. The minimum absolute atomic E-state index is 0.0588. The van der Waals surface area contributed by atoms with E-state index in [1.54, 1.807) is 17.9 Å². The Morgan fingerprint density at radius 1 is 1.03 bits per heavy atom. The van der Waals surface area contributed by atoms with Crippen LogP contribution in [0.2, 0.25) is 0 Å². The minimum Gasteiger partial charge on any atom is -0.474 e. The van der Waals surface area contributed by atoms with E-state index in [1.165, 1.54) is 18.6 Å². The van der Waals surface area contributed by atoms with E-state index in [0.717, 1.165) is 0 Å². The number of hydrogen-bond donors (Lipinski definition) is 0. The first-order valence-electron chi connectivity index (χ1n) is 11.4. The molecule has 1 amide bonds. The highest BCUT2D eigenvalue weighted by Crippen LogP contribution is 2.34. The number of aromatic nitrogens is 3. The summed E-state index contributed by atoms with van der Waals surface area (Å²) in [6, 6.07) is 3.02. The van der Waals surface area contributed by atoms with Crippen molar-refractivity contribution in [3.63, 3.8) is 0 Å². The number of nitrogens with zero attached hydrogens (tertiary/aromatic N) is 4. The van der Waals surface area contributed by atoms with Crippen molar-refractivity contribution in [3.05, 3.63) is 30.2 Å². The van der Waals surface area contributed by atoms with Crippen molar-refractivity contribution in [2.75, 3.05) is 13.1 Å². The third kappa shape index (κ3) is 5.75. The molecule has 0 atom stereocenters. The Kier molecular flexibility index (Phi) is 6.66. The highest BCUT2D eigenvalue weighted by Gasteiger charge is 2.37. The molecule has 0 N–H and O–H groups in total. The summed E-state index contributed by atoms with van der Waals surface area (Å²) in [7, 11) is -3.35. The van der Waals surface area contributed by atoms with Crippen LogP contribution in [0.5, 0.6) is 17.5 Å². The normalized spacial score (nSPS) is 17.4. The van der Waals surface area contributed by atoms with Crippen LogP contribution in [0.15, 0.2) is 29.7 Å². The van der Waals surface area contributed by atoms with Gasteiger partial charge in [-0.15, -0.1) is 0 Å². The minimum atomic E-state index is -3.35. The Morgan fingerprint density at radius 2 is 1.71 bits per heavy atom. The Balaban J connectivity index is 1.36. The van der Waals surface area contributed by atoms with Gasteiger partial charge in [-0.2, -0.15) is 0 Å². The summed E-state index contributed by atoms with van der Waals surface area (Å²) in [6.07, 6.45) is 4.99. The predicted octanol–water partition coefficient (Wildman–Crippen LogP) is 3.69. The molecule has 2 aliphatic rings. The fourth-order valence-electron chi connectivity index (χ4n) is 3.54. The maximum atomic E-state index is 12.3. The Hall–Kier alpha value is -2.95. The van der Waals surface area contributed by atoms with Crippen LogP contribution in [0, 0.1) is 6.92 Å². The third-order valence-electron chi connectivity index (χ3n) is 5.54. The molecule has 1 saturated carbocycles. The van der Waals surface area contributed by atoms with Gasteiger partial charge in [-0.1, -0.05) is 0 Å². The lowest BCUT2D eigenvalue weighted by Crippen LogP contribution is -2.44. The van der Waals surface area contributed by atoms with Crippen LogP contribution in [0.3, 0.4) is 0 Å². The van der Waals surface area contributed by atoms with Crippen molar-refractivity contribution in [3.8, 4) is 17.5 Å². The number of likely N-dealkylation sites (tertiary alicyclic amines) is 1. The van der Waals surface area contributed by atoms with E-state index in [9.17, 15) is 13.2 Å². The van der Waals surface area contributed by atoms with Gasteiger partial charge >= 0.3 is 6.09 Å². The second-order valence-electron chi connectivity index (χ2n) is 9.57. The number of carbonyl (C=O) groups is 1. The van der Waals surface area contributed by atoms with E-state index in [0.29, 0.717) is 61.8 Å². The molecule has 1 aliphatic carbocycles. The van der Waals surface area contributed by atoms with Crippen LogP contribution in [0.25, 0.3) is 0 Å². The molecule has 0 spiro atoms. The van der Waals surface area contributed by atoms with Crippen LogP contribution in [0.1, 0.15) is 52.0 Å². The van der Waals surface area contributed by atoms with Crippen molar-refractivity contribution < 1.29 is 27.4 Å². The number of carbonyl (C=O) groups excluding carboxylic acids is 1. The summed E-state index contributed by atoms with van der Waals surface area (Å²) in [5.41, 5.74) is 0.0898. The molecule has 0 bridgehead atoms. The SMILES string of the molecule is Cc1c(Oc2ccc(S(=O)(=O)C3CC3)nc2)ncnc1OC1CCN(C(=O)OC(C)(C)C)CC1. The van der Waals surface area contributed by atoms with E-state index in [2.05, 4.69) is 15.0 Å². The summed E-state index contributed by atoms with van der Waals surface area (Å²) in [5, 5.41) is -0.255. The first kappa shape index (κ1) is 24.2. The molecule has 1 aliphatic heterocycles. The summed E-state index contributed by atoms with van der Waals surface area (Å²) >= 11 is 0. The summed E-state index contributed by atoms with van der Waals surface area (Å²) in [5.74, 6) is 1.07. The predicted molar refractivity (Wildman–Crippen MR) is 123 cm³/mol. The number of hydrogen-bond acceptors (Lipinski definition) is 9. The molecular formula is C23H30N4O6S. The van der Waals surface area contributed by atoms with Crippen molar-refractivity contribution in [1.29, 1.82) is 0 Å². The average Bonchev–Trinajstić information content (AvgIpc) is 3.62. The quantitative estimate of drug-likeness (QED) is 0.597. The first-order valence-corrected chi connectivity index (χ1v) is 12.9.